The Morgan fingerprint density at radius 1 is 1.20 bits per heavy atom. The van der Waals surface area contributed by atoms with Crippen LogP contribution in [0.4, 0.5) is 5.82 Å². The smallest absolute Gasteiger partial charge is 0.242 e. The van der Waals surface area contributed by atoms with Gasteiger partial charge in [0.15, 0.2) is 5.65 Å². The molecule has 2 rings (SSSR count). The molecule has 0 aliphatic carbocycles. The summed E-state index contributed by atoms with van der Waals surface area (Å²) in [5.74, 6) is 0.535. The lowest BCUT2D eigenvalue weighted by Gasteiger charge is -2.23. The lowest BCUT2D eigenvalue weighted by Crippen LogP contribution is -2.47. The minimum atomic E-state index is -0.379. The zero-order valence-electron chi connectivity index (χ0n) is 12.1. The quantitative estimate of drug-likeness (QED) is 0.890. The van der Waals surface area contributed by atoms with Gasteiger partial charge < -0.3 is 10.6 Å². The molecule has 0 fully saturated rings. The highest BCUT2D eigenvalue weighted by atomic mass is 16.2. The van der Waals surface area contributed by atoms with Crippen molar-refractivity contribution in [3.63, 3.8) is 0 Å². The van der Waals surface area contributed by atoms with Crippen molar-refractivity contribution in [2.45, 2.75) is 39.3 Å². The number of pyridine rings is 1. The highest BCUT2D eigenvalue weighted by Gasteiger charge is 2.19. The van der Waals surface area contributed by atoms with E-state index in [-0.39, 0.29) is 17.5 Å². The Morgan fingerprint density at radius 3 is 2.60 bits per heavy atom. The number of nitrogens with one attached hydrogen (secondary N) is 2. The number of anilines is 1. The molecule has 2 heterocycles. The number of aromatic nitrogens is 3. The van der Waals surface area contributed by atoms with Gasteiger partial charge in [0.1, 0.15) is 17.4 Å². The predicted octanol–water partition coefficient (Wildman–Crippen LogP) is 1.74. The first-order valence-corrected chi connectivity index (χ1v) is 6.51. The zero-order chi connectivity index (χ0) is 14.8. The molecule has 0 radical (unpaired) electrons. The number of carbonyl (C=O) groups is 1. The van der Waals surface area contributed by atoms with Crippen molar-refractivity contribution in [2.24, 2.45) is 0 Å². The van der Waals surface area contributed by atoms with Gasteiger partial charge in [-0.1, -0.05) is 0 Å². The van der Waals surface area contributed by atoms with Gasteiger partial charge in [0.2, 0.25) is 5.91 Å². The Hall–Kier alpha value is -2.24. The normalized spacial score (nSPS) is 13.0. The third-order valence-electron chi connectivity index (χ3n) is 2.59. The van der Waals surface area contributed by atoms with Crippen molar-refractivity contribution >= 4 is 22.9 Å². The molecular weight excluding hydrogens is 254 g/mol. The zero-order valence-corrected chi connectivity index (χ0v) is 12.1. The third-order valence-corrected chi connectivity index (χ3v) is 2.59. The van der Waals surface area contributed by atoms with E-state index in [1.54, 1.807) is 25.4 Å². The van der Waals surface area contributed by atoms with Gasteiger partial charge in [0.25, 0.3) is 0 Å². The van der Waals surface area contributed by atoms with Crippen molar-refractivity contribution in [3.8, 4) is 0 Å². The van der Waals surface area contributed by atoms with E-state index in [0.717, 1.165) is 5.52 Å². The van der Waals surface area contributed by atoms with E-state index in [1.165, 1.54) is 0 Å². The van der Waals surface area contributed by atoms with Gasteiger partial charge in [0.05, 0.1) is 0 Å². The van der Waals surface area contributed by atoms with E-state index in [2.05, 4.69) is 25.6 Å². The van der Waals surface area contributed by atoms with Crippen molar-refractivity contribution in [1.29, 1.82) is 0 Å². The summed E-state index contributed by atoms with van der Waals surface area (Å²) in [6, 6.07) is 3.24. The molecule has 0 spiro atoms. The Balaban J connectivity index is 2.09. The number of hydrogen-bond acceptors (Lipinski definition) is 5. The number of carbonyl (C=O) groups excluding carboxylic acids is 1. The Bertz CT molecular complexity index is 620. The Labute approximate surface area is 118 Å². The van der Waals surface area contributed by atoms with Crippen LogP contribution in [0.3, 0.4) is 0 Å². The first-order chi connectivity index (χ1) is 9.35. The first kappa shape index (κ1) is 14.2. The molecule has 106 valence electrons. The molecule has 20 heavy (non-hydrogen) atoms. The molecule has 0 saturated heterocycles. The number of fused-ring (bicyclic) bond motifs is 1. The fourth-order valence-electron chi connectivity index (χ4n) is 1.70. The van der Waals surface area contributed by atoms with Crippen LogP contribution in [0.25, 0.3) is 11.2 Å². The lowest BCUT2D eigenvalue weighted by molar-refractivity contribution is -0.122. The maximum absolute atomic E-state index is 12.0. The lowest BCUT2D eigenvalue weighted by atomic mass is 10.1. The molecule has 0 bridgehead atoms. The summed E-state index contributed by atoms with van der Waals surface area (Å²) in [6.07, 6.45) is 3.21. The van der Waals surface area contributed by atoms with Crippen LogP contribution in [0.1, 0.15) is 27.7 Å². The third kappa shape index (κ3) is 3.63. The van der Waals surface area contributed by atoms with Gasteiger partial charge in [-0.3, -0.25) is 9.78 Å². The van der Waals surface area contributed by atoms with Crippen molar-refractivity contribution in [3.05, 3.63) is 24.5 Å². The van der Waals surface area contributed by atoms with E-state index in [4.69, 9.17) is 0 Å². The predicted molar refractivity (Wildman–Crippen MR) is 78.3 cm³/mol. The molecule has 6 nitrogen and oxygen atoms in total. The molecule has 2 aromatic heterocycles. The Kier molecular flexibility index (Phi) is 3.83. The largest absolute Gasteiger partial charge is 0.359 e. The van der Waals surface area contributed by atoms with Crippen molar-refractivity contribution in [2.75, 3.05) is 5.32 Å². The van der Waals surface area contributed by atoms with Crippen LogP contribution in [-0.2, 0) is 4.79 Å². The van der Waals surface area contributed by atoms with Crippen LogP contribution in [0, 0.1) is 0 Å². The van der Waals surface area contributed by atoms with Crippen LogP contribution in [0.15, 0.2) is 24.5 Å². The summed E-state index contributed by atoms with van der Waals surface area (Å²) in [5.41, 5.74) is 1.03. The first-order valence-electron chi connectivity index (χ1n) is 6.51. The molecule has 1 amide bonds. The molecule has 1 unspecified atom stereocenters. The van der Waals surface area contributed by atoms with E-state index in [1.807, 2.05) is 26.8 Å². The maximum atomic E-state index is 12.0. The molecule has 0 aliphatic heterocycles. The van der Waals surface area contributed by atoms with E-state index in [0.29, 0.717) is 11.5 Å². The SMILES string of the molecule is CC(Nc1ccc2nccnc2n1)C(=O)NC(C)(C)C. The summed E-state index contributed by atoms with van der Waals surface area (Å²) in [4.78, 5) is 24.6. The summed E-state index contributed by atoms with van der Waals surface area (Å²) < 4.78 is 0. The number of rotatable bonds is 3. The topological polar surface area (TPSA) is 79.8 Å². The van der Waals surface area contributed by atoms with Crippen molar-refractivity contribution in [1.82, 2.24) is 20.3 Å². The van der Waals surface area contributed by atoms with Crippen LogP contribution in [0.5, 0.6) is 0 Å². The molecule has 2 N–H and O–H groups in total. The van der Waals surface area contributed by atoms with E-state index < -0.39 is 0 Å². The second-order valence-electron chi connectivity index (χ2n) is 5.70. The number of amides is 1. The standard InChI is InChI=1S/C14H19N5O/c1-9(13(20)19-14(2,3)4)17-11-6-5-10-12(18-11)16-8-7-15-10/h5-9H,1-4H3,(H,19,20)(H,16,17,18). The molecule has 2 aromatic rings. The van der Waals surface area contributed by atoms with Crippen molar-refractivity contribution < 1.29 is 4.79 Å². The maximum Gasteiger partial charge on any atom is 0.242 e. The Morgan fingerprint density at radius 2 is 1.90 bits per heavy atom. The van der Waals surface area contributed by atoms with Crippen LogP contribution < -0.4 is 10.6 Å². The minimum absolute atomic E-state index is 0.0708. The summed E-state index contributed by atoms with van der Waals surface area (Å²) in [5, 5.41) is 5.98. The van der Waals surface area contributed by atoms with E-state index in [9.17, 15) is 4.79 Å². The molecule has 1 atom stereocenters. The highest BCUT2D eigenvalue weighted by Crippen LogP contribution is 2.11. The summed E-state index contributed by atoms with van der Waals surface area (Å²) in [6.45, 7) is 7.63. The molecule has 0 saturated carbocycles. The fourth-order valence-corrected chi connectivity index (χ4v) is 1.70. The van der Waals surface area contributed by atoms with Gasteiger partial charge in [-0.2, -0.15) is 0 Å². The van der Waals surface area contributed by atoms with Gasteiger partial charge in [-0.05, 0) is 39.8 Å². The minimum Gasteiger partial charge on any atom is -0.359 e. The van der Waals surface area contributed by atoms with E-state index >= 15 is 0 Å². The van der Waals surface area contributed by atoms with Gasteiger partial charge in [-0.25, -0.2) is 9.97 Å². The van der Waals surface area contributed by atoms with Crippen LogP contribution in [0.2, 0.25) is 0 Å². The average Bonchev–Trinajstić information content (AvgIpc) is 2.36. The highest BCUT2D eigenvalue weighted by molar-refractivity contribution is 5.84. The molecule has 0 aromatic carbocycles. The summed E-state index contributed by atoms with van der Waals surface area (Å²) >= 11 is 0. The monoisotopic (exact) mass is 273 g/mol. The molecule has 0 aliphatic rings. The molecule has 6 heteroatoms. The molecular formula is C14H19N5O. The van der Waals surface area contributed by atoms with Gasteiger partial charge in [-0.15, -0.1) is 0 Å². The fraction of sp³-hybridized carbons (Fsp3) is 0.429. The summed E-state index contributed by atoms with van der Waals surface area (Å²) in [7, 11) is 0. The average molecular weight is 273 g/mol. The number of hydrogen-bond donors (Lipinski definition) is 2. The number of nitrogens with zero attached hydrogens (tertiary/aromatic N) is 3. The second-order valence-corrected chi connectivity index (χ2v) is 5.70. The van der Waals surface area contributed by atoms with Gasteiger partial charge in [0, 0.05) is 17.9 Å². The van der Waals surface area contributed by atoms with Gasteiger partial charge >= 0.3 is 0 Å². The van der Waals surface area contributed by atoms with Crippen LogP contribution >= 0.6 is 0 Å². The second kappa shape index (κ2) is 5.40. The van der Waals surface area contributed by atoms with Crippen LogP contribution in [-0.4, -0.2) is 32.4 Å².